The number of rotatable bonds is 20. The number of carbonyl (C=O) groups excluding carboxylic acids is 1. The first-order chi connectivity index (χ1) is 12.8. The molecule has 26 heavy (non-hydrogen) atoms. The number of hydrogen-bond acceptors (Lipinski definition) is 2. The molecule has 0 fully saturated rings. The molecule has 0 radical (unpaired) electrons. The Bertz CT molecular complexity index is 309. The van der Waals surface area contributed by atoms with Gasteiger partial charge in [-0.3, -0.25) is 4.79 Å². The first kappa shape index (κ1) is 25.2. The molecule has 0 aliphatic heterocycles. The number of allylic oxidation sites excluding steroid dienone is 1. The maximum atomic E-state index is 11.6. The van der Waals surface area contributed by atoms with Gasteiger partial charge in [0.1, 0.15) is 6.61 Å². The van der Waals surface area contributed by atoms with Gasteiger partial charge in [-0.05, 0) is 19.3 Å². The van der Waals surface area contributed by atoms with Crippen LogP contribution in [0.1, 0.15) is 129 Å². The lowest BCUT2D eigenvalue weighted by Crippen LogP contribution is -2.03. The minimum Gasteiger partial charge on any atom is -0.461 e. The van der Waals surface area contributed by atoms with Gasteiger partial charge in [-0.25, -0.2) is 0 Å². The van der Waals surface area contributed by atoms with Crippen molar-refractivity contribution < 1.29 is 9.53 Å². The van der Waals surface area contributed by atoms with Crippen molar-refractivity contribution in [2.24, 2.45) is 0 Å². The largest absolute Gasteiger partial charge is 0.461 e. The summed E-state index contributed by atoms with van der Waals surface area (Å²) >= 11 is 0. The topological polar surface area (TPSA) is 26.3 Å². The Labute approximate surface area is 164 Å². The third kappa shape index (κ3) is 21.3. The van der Waals surface area contributed by atoms with E-state index in [0.717, 1.165) is 12.8 Å². The fourth-order valence-corrected chi connectivity index (χ4v) is 3.20. The molecule has 0 amide bonds. The van der Waals surface area contributed by atoms with Crippen molar-refractivity contribution in [1.82, 2.24) is 0 Å². The van der Waals surface area contributed by atoms with Crippen molar-refractivity contribution >= 4 is 5.97 Å². The average Bonchev–Trinajstić information content (AvgIpc) is 2.64. The summed E-state index contributed by atoms with van der Waals surface area (Å²) in [6.45, 7) is 4.93. The standard InChI is InChI=1S/C24H46O2/c1-3-5-7-9-11-12-13-14-15-16-17-18-20-22-24(25)26-23-21-19-10-8-6-4-2/h19,21H,3-18,20,22-23H2,1-2H3. The Morgan fingerprint density at radius 3 is 1.62 bits per heavy atom. The highest BCUT2D eigenvalue weighted by atomic mass is 16.5. The van der Waals surface area contributed by atoms with Crippen LogP contribution in [0.4, 0.5) is 0 Å². The van der Waals surface area contributed by atoms with E-state index < -0.39 is 0 Å². The summed E-state index contributed by atoms with van der Waals surface area (Å²) in [7, 11) is 0. The number of carbonyl (C=O) groups is 1. The average molecular weight is 367 g/mol. The lowest BCUT2D eigenvalue weighted by molar-refractivity contribution is -0.142. The van der Waals surface area contributed by atoms with Crippen LogP contribution in [0.5, 0.6) is 0 Å². The van der Waals surface area contributed by atoms with Crippen molar-refractivity contribution in [3.05, 3.63) is 12.2 Å². The molecular weight excluding hydrogens is 320 g/mol. The van der Waals surface area contributed by atoms with Crippen LogP contribution in [0.2, 0.25) is 0 Å². The number of hydrogen-bond donors (Lipinski definition) is 0. The van der Waals surface area contributed by atoms with Gasteiger partial charge in [-0.1, -0.05) is 116 Å². The second kappa shape index (κ2) is 22.3. The molecule has 0 aromatic heterocycles. The summed E-state index contributed by atoms with van der Waals surface area (Å²) in [5.41, 5.74) is 0. The highest BCUT2D eigenvalue weighted by Crippen LogP contribution is 2.13. The lowest BCUT2D eigenvalue weighted by Gasteiger charge is -2.04. The maximum Gasteiger partial charge on any atom is 0.306 e. The molecule has 2 nitrogen and oxygen atoms in total. The van der Waals surface area contributed by atoms with Gasteiger partial charge in [0.15, 0.2) is 0 Å². The van der Waals surface area contributed by atoms with E-state index >= 15 is 0 Å². The van der Waals surface area contributed by atoms with E-state index in [0.29, 0.717) is 13.0 Å². The zero-order valence-electron chi connectivity index (χ0n) is 17.9. The Morgan fingerprint density at radius 1 is 0.615 bits per heavy atom. The Balaban J connectivity index is 3.18. The minimum atomic E-state index is -0.0359. The molecule has 0 saturated carbocycles. The molecule has 0 unspecified atom stereocenters. The maximum absolute atomic E-state index is 11.6. The first-order valence-corrected chi connectivity index (χ1v) is 11.6. The molecule has 154 valence electrons. The van der Waals surface area contributed by atoms with E-state index in [1.165, 1.54) is 96.3 Å². The van der Waals surface area contributed by atoms with Crippen LogP contribution >= 0.6 is 0 Å². The third-order valence-corrected chi connectivity index (χ3v) is 4.97. The summed E-state index contributed by atoms with van der Waals surface area (Å²) in [6.07, 6.45) is 26.9. The summed E-state index contributed by atoms with van der Waals surface area (Å²) in [4.78, 5) is 11.6. The van der Waals surface area contributed by atoms with E-state index in [9.17, 15) is 4.79 Å². The molecule has 2 heteroatoms. The first-order valence-electron chi connectivity index (χ1n) is 11.6. The van der Waals surface area contributed by atoms with Crippen LogP contribution in [0.25, 0.3) is 0 Å². The fourth-order valence-electron chi connectivity index (χ4n) is 3.20. The normalized spacial score (nSPS) is 11.3. The summed E-state index contributed by atoms with van der Waals surface area (Å²) in [5.74, 6) is -0.0359. The Morgan fingerprint density at radius 2 is 1.08 bits per heavy atom. The molecule has 0 aromatic carbocycles. The van der Waals surface area contributed by atoms with Crippen LogP contribution in [-0.2, 0) is 9.53 Å². The van der Waals surface area contributed by atoms with Crippen molar-refractivity contribution in [2.45, 2.75) is 129 Å². The molecule has 0 saturated heterocycles. The molecule has 0 N–H and O–H groups in total. The minimum absolute atomic E-state index is 0.0359. The van der Waals surface area contributed by atoms with Gasteiger partial charge in [0.05, 0.1) is 0 Å². The van der Waals surface area contributed by atoms with Crippen LogP contribution in [-0.4, -0.2) is 12.6 Å². The van der Waals surface area contributed by atoms with Crippen LogP contribution < -0.4 is 0 Å². The van der Waals surface area contributed by atoms with Gasteiger partial charge in [0, 0.05) is 6.42 Å². The van der Waals surface area contributed by atoms with E-state index in [-0.39, 0.29) is 5.97 Å². The molecule has 0 aliphatic rings. The zero-order valence-corrected chi connectivity index (χ0v) is 17.9. The molecular formula is C24H46O2. The number of esters is 1. The predicted molar refractivity (Wildman–Crippen MR) is 115 cm³/mol. The van der Waals surface area contributed by atoms with Gasteiger partial charge >= 0.3 is 5.97 Å². The summed E-state index contributed by atoms with van der Waals surface area (Å²) in [6, 6.07) is 0. The van der Waals surface area contributed by atoms with Crippen molar-refractivity contribution in [3.63, 3.8) is 0 Å². The Hall–Kier alpha value is -0.790. The quantitative estimate of drug-likeness (QED) is 0.123. The Kier molecular flexibility index (Phi) is 21.6. The second-order valence-corrected chi connectivity index (χ2v) is 7.64. The molecule has 0 aromatic rings. The summed E-state index contributed by atoms with van der Waals surface area (Å²) in [5, 5.41) is 0. The van der Waals surface area contributed by atoms with Crippen molar-refractivity contribution in [3.8, 4) is 0 Å². The molecule has 0 aliphatic carbocycles. The fraction of sp³-hybridized carbons (Fsp3) is 0.875. The van der Waals surface area contributed by atoms with Crippen LogP contribution in [0, 0.1) is 0 Å². The van der Waals surface area contributed by atoms with Crippen molar-refractivity contribution in [1.29, 1.82) is 0 Å². The molecule has 0 spiro atoms. The summed E-state index contributed by atoms with van der Waals surface area (Å²) < 4.78 is 5.23. The number of ether oxygens (including phenoxy) is 1. The van der Waals surface area contributed by atoms with E-state index in [1.54, 1.807) is 0 Å². The number of unbranched alkanes of at least 4 members (excludes halogenated alkanes) is 15. The monoisotopic (exact) mass is 366 g/mol. The third-order valence-electron chi connectivity index (χ3n) is 4.97. The molecule has 0 atom stereocenters. The van der Waals surface area contributed by atoms with Crippen LogP contribution in [0.3, 0.4) is 0 Å². The SMILES string of the molecule is CCCCCC=CCOC(=O)CCCCCCCCCCCCCCC. The van der Waals surface area contributed by atoms with Crippen molar-refractivity contribution in [2.75, 3.05) is 6.61 Å². The van der Waals surface area contributed by atoms with Gasteiger partial charge < -0.3 is 4.74 Å². The predicted octanol–water partition coefficient (Wildman–Crippen LogP) is 8.15. The van der Waals surface area contributed by atoms with E-state index in [1.807, 2.05) is 6.08 Å². The highest BCUT2D eigenvalue weighted by Gasteiger charge is 2.01. The molecule has 0 rings (SSSR count). The van der Waals surface area contributed by atoms with Gasteiger partial charge in [-0.15, -0.1) is 0 Å². The molecule has 0 heterocycles. The highest BCUT2D eigenvalue weighted by molar-refractivity contribution is 5.69. The van der Waals surface area contributed by atoms with Crippen LogP contribution in [0.15, 0.2) is 12.2 Å². The van der Waals surface area contributed by atoms with E-state index in [2.05, 4.69) is 19.9 Å². The van der Waals surface area contributed by atoms with E-state index in [4.69, 9.17) is 4.74 Å². The zero-order chi connectivity index (χ0) is 19.1. The van der Waals surface area contributed by atoms with Gasteiger partial charge in [0.2, 0.25) is 0 Å². The lowest BCUT2D eigenvalue weighted by atomic mass is 10.0. The second-order valence-electron chi connectivity index (χ2n) is 7.64. The van der Waals surface area contributed by atoms with Gasteiger partial charge in [-0.2, -0.15) is 0 Å². The van der Waals surface area contributed by atoms with Gasteiger partial charge in [0.25, 0.3) is 0 Å². The smallest absolute Gasteiger partial charge is 0.306 e. The molecule has 0 bridgehead atoms.